The number of hydrogen-bond donors (Lipinski definition) is 2. The first-order valence-electron chi connectivity index (χ1n) is 10.2. The average molecular weight is 466 g/mol. The van der Waals surface area contributed by atoms with E-state index >= 15 is 0 Å². The van der Waals surface area contributed by atoms with Crippen LogP contribution in [0.4, 0.5) is 10.1 Å². The van der Waals surface area contributed by atoms with Crippen molar-refractivity contribution in [2.75, 3.05) is 5.32 Å². The Morgan fingerprint density at radius 2 is 2.09 bits per heavy atom. The number of carbonyl (C=O) groups is 1. The molecule has 9 heteroatoms. The molecule has 5 rings (SSSR count). The lowest BCUT2D eigenvalue weighted by Crippen LogP contribution is -2.18. The normalized spacial score (nSPS) is 13.3. The van der Waals surface area contributed by atoms with Crippen molar-refractivity contribution in [2.24, 2.45) is 0 Å². The van der Waals surface area contributed by atoms with Crippen molar-refractivity contribution in [1.82, 2.24) is 9.97 Å². The molecule has 0 unspecified atom stereocenters. The summed E-state index contributed by atoms with van der Waals surface area (Å²) in [7, 11) is 0. The summed E-state index contributed by atoms with van der Waals surface area (Å²) in [6, 6.07) is 8.37. The second kappa shape index (κ2) is 7.97. The Kier molecular flexibility index (Phi) is 5.09. The molecule has 3 aromatic heterocycles. The molecule has 0 saturated carbocycles. The summed E-state index contributed by atoms with van der Waals surface area (Å²) in [6.45, 7) is 1.71. The molecular formula is C24H17ClFN3O4. The van der Waals surface area contributed by atoms with E-state index in [4.69, 9.17) is 16.0 Å². The van der Waals surface area contributed by atoms with E-state index in [-0.39, 0.29) is 32.9 Å². The van der Waals surface area contributed by atoms with Crippen LogP contribution in [0.1, 0.15) is 40.3 Å². The van der Waals surface area contributed by atoms with E-state index in [1.165, 1.54) is 24.3 Å². The molecule has 0 bridgehead atoms. The minimum atomic E-state index is -1.26. The highest BCUT2D eigenvalue weighted by atomic mass is 35.5. The van der Waals surface area contributed by atoms with E-state index in [9.17, 15) is 19.1 Å². The van der Waals surface area contributed by atoms with E-state index in [0.717, 1.165) is 11.3 Å². The van der Waals surface area contributed by atoms with Crippen molar-refractivity contribution in [3.05, 3.63) is 86.3 Å². The summed E-state index contributed by atoms with van der Waals surface area (Å²) >= 11 is 5.83. The van der Waals surface area contributed by atoms with Crippen molar-refractivity contribution in [2.45, 2.75) is 25.8 Å². The predicted molar refractivity (Wildman–Crippen MR) is 121 cm³/mol. The van der Waals surface area contributed by atoms with Crippen LogP contribution in [0.15, 0.2) is 51.8 Å². The third-order valence-corrected chi connectivity index (χ3v) is 5.94. The molecule has 1 aliphatic rings. The van der Waals surface area contributed by atoms with Gasteiger partial charge in [-0.05, 0) is 56.2 Å². The Morgan fingerprint density at radius 1 is 1.27 bits per heavy atom. The van der Waals surface area contributed by atoms with Crippen molar-refractivity contribution >= 4 is 34.2 Å². The zero-order chi connectivity index (χ0) is 23.3. The van der Waals surface area contributed by atoms with Gasteiger partial charge in [0.1, 0.15) is 22.3 Å². The second-order valence-electron chi connectivity index (χ2n) is 7.81. The van der Waals surface area contributed by atoms with Gasteiger partial charge in [-0.25, -0.2) is 14.2 Å². The molecule has 3 heterocycles. The molecule has 33 heavy (non-hydrogen) atoms. The maximum absolute atomic E-state index is 14.6. The fourth-order valence-corrected chi connectivity index (χ4v) is 4.35. The summed E-state index contributed by atoms with van der Waals surface area (Å²) in [6.07, 6.45) is 2.74. The topological polar surface area (TPSA) is 105 Å². The molecule has 0 amide bonds. The fraction of sp³-hybridized carbons (Fsp3) is 0.167. The Hall–Kier alpha value is -3.78. The van der Waals surface area contributed by atoms with Crippen molar-refractivity contribution in [3.8, 4) is 11.3 Å². The van der Waals surface area contributed by atoms with Crippen LogP contribution in [0.25, 0.3) is 22.3 Å². The number of aromatic carboxylic acids is 1. The summed E-state index contributed by atoms with van der Waals surface area (Å²) in [5.41, 5.74) is 2.32. The quantitative estimate of drug-likeness (QED) is 0.408. The van der Waals surface area contributed by atoms with Crippen molar-refractivity contribution < 1.29 is 18.7 Å². The molecular weight excluding hydrogens is 449 g/mol. The molecule has 1 aromatic carbocycles. The van der Waals surface area contributed by atoms with E-state index < -0.39 is 17.8 Å². The average Bonchev–Trinajstić information content (AvgIpc) is 2.80. The lowest BCUT2D eigenvalue weighted by molar-refractivity contribution is 0.0691. The number of anilines is 1. The Balaban J connectivity index is 1.68. The van der Waals surface area contributed by atoms with Gasteiger partial charge in [-0.1, -0.05) is 11.6 Å². The van der Waals surface area contributed by atoms with Gasteiger partial charge in [-0.15, -0.1) is 0 Å². The number of halogens is 2. The summed E-state index contributed by atoms with van der Waals surface area (Å²) in [5, 5.41) is 12.7. The molecule has 0 radical (unpaired) electrons. The third-order valence-electron chi connectivity index (χ3n) is 5.73. The van der Waals surface area contributed by atoms with Crippen molar-refractivity contribution in [1.29, 1.82) is 0 Å². The summed E-state index contributed by atoms with van der Waals surface area (Å²) in [5.74, 6) is -1.42. The van der Waals surface area contributed by atoms with Crippen LogP contribution >= 0.6 is 11.6 Å². The van der Waals surface area contributed by atoms with Gasteiger partial charge in [0.15, 0.2) is 11.1 Å². The number of hydrogen-bond acceptors (Lipinski definition) is 6. The van der Waals surface area contributed by atoms with Gasteiger partial charge >= 0.3 is 5.97 Å². The Bertz CT molecular complexity index is 1500. The van der Waals surface area contributed by atoms with Gasteiger partial charge in [-0.3, -0.25) is 9.78 Å². The highest BCUT2D eigenvalue weighted by Gasteiger charge is 2.26. The van der Waals surface area contributed by atoms with Crippen LogP contribution in [-0.4, -0.2) is 21.0 Å². The summed E-state index contributed by atoms with van der Waals surface area (Å²) < 4.78 is 20.8. The number of aryl methyl sites for hydroxylation is 1. The number of aromatic nitrogens is 2. The molecule has 1 atom stereocenters. The number of fused-ring (bicyclic) bond motifs is 4. The number of benzene rings is 1. The van der Waals surface area contributed by atoms with E-state index in [1.54, 1.807) is 19.2 Å². The maximum Gasteiger partial charge on any atom is 0.356 e. The van der Waals surface area contributed by atoms with Gasteiger partial charge in [0.05, 0.1) is 22.8 Å². The van der Waals surface area contributed by atoms with Gasteiger partial charge in [0.2, 0.25) is 0 Å². The van der Waals surface area contributed by atoms with E-state index in [0.29, 0.717) is 29.7 Å². The van der Waals surface area contributed by atoms with Gasteiger partial charge < -0.3 is 14.8 Å². The molecule has 4 aromatic rings. The maximum atomic E-state index is 14.6. The molecule has 166 valence electrons. The lowest BCUT2D eigenvalue weighted by Gasteiger charge is -2.21. The molecule has 0 fully saturated rings. The number of carboxylic acid groups (broad SMARTS) is 1. The highest BCUT2D eigenvalue weighted by molar-refractivity contribution is 6.29. The van der Waals surface area contributed by atoms with E-state index in [2.05, 4.69) is 15.3 Å². The molecule has 0 spiro atoms. The van der Waals surface area contributed by atoms with E-state index in [1.807, 2.05) is 6.07 Å². The number of nitrogens with zero attached hydrogens (tertiary/aromatic N) is 2. The van der Waals surface area contributed by atoms with Crippen LogP contribution in [-0.2, 0) is 12.8 Å². The SMILES string of the molecule is C[C@@H](Nc1ccc(Cl)nc1C(=O)O)c1cc(F)cc2c(=O)c3c(oc12)-c1cccnc1CC3. The van der Waals surface area contributed by atoms with Crippen LogP contribution in [0.2, 0.25) is 5.15 Å². The standard InChI is InChI=1S/C24H17ClFN3O4/c1-11(28-18-6-7-19(25)29-20(18)24(31)32)15-9-12(26)10-16-21(30)14-4-5-17-13(3-2-8-27-17)22(14)33-23(15)16/h2-3,6-11,28H,4-5H2,1H3,(H,31,32)/t11-/m1/s1. The largest absolute Gasteiger partial charge is 0.476 e. The number of nitrogens with one attached hydrogen (secondary N) is 1. The minimum Gasteiger partial charge on any atom is -0.476 e. The first kappa shape index (κ1) is 21.1. The second-order valence-corrected chi connectivity index (χ2v) is 8.20. The van der Waals surface area contributed by atoms with Gasteiger partial charge in [-0.2, -0.15) is 0 Å². The van der Waals surface area contributed by atoms with Crippen LogP contribution in [0, 0.1) is 5.82 Å². The fourth-order valence-electron chi connectivity index (χ4n) is 4.21. The molecule has 2 N–H and O–H groups in total. The monoisotopic (exact) mass is 465 g/mol. The lowest BCUT2D eigenvalue weighted by atomic mass is 9.92. The van der Waals surface area contributed by atoms with Gasteiger partial charge in [0.25, 0.3) is 0 Å². The number of rotatable bonds is 4. The smallest absolute Gasteiger partial charge is 0.356 e. The third kappa shape index (κ3) is 3.62. The zero-order valence-electron chi connectivity index (χ0n) is 17.4. The Morgan fingerprint density at radius 3 is 2.88 bits per heavy atom. The predicted octanol–water partition coefficient (Wildman–Crippen LogP) is 5.01. The number of pyridine rings is 2. The number of carboxylic acids is 1. The zero-order valence-corrected chi connectivity index (χ0v) is 18.1. The van der Waals surface area contributed by atoms with Crippen LogP contribution < -0.4 is 10.7 Å². The summed E-state index contributed by atoms with van der Waals surface area (Å²) in [4.78, 5) is 33.1. The highest BCUT2D eigenvalue weighted by Crippen LogP contribution is 2.36. The van der Waals surface area contributed by atoms with Crippen LogP contribution in [0.3, 0.4) is 0 Å². The first-order valence-corrected chi connectivity index (χ1v) is 10.6. The minimum absolute atomic E-state index is 0.0340. The first-order chi connectivity index (χ1) is 15.8. The van der Waals surface area contributed by atoms with Crippen molar-refractivity contribution in [3.63, 3.8) is 0 Å². The molecule has 1 aliphatic carbocycles. The van der Waals surface area contributed by atoms with Gasteiger partial charge in [0, 0.05) is 22.9 Å². The van der Waals surface area contributed by atoms with Crippen LogP contribution in [0.5, 0.6) is 0 Å². The Labute approximate surface area is 191 Å². The molecule has 7 nitrogen and oxygen atoms in total. The molecule has 0 aliphatic heterocycles. The molecule has 0 saturated heterocycles.